The van der Waals surface area contributed by atoms with Crippen LogP contribution in [0.2, 0.25) is 0 Å². The van der Waals surface area contributed by atoms with Crippen molar-refractivity contribution in [2.75, 3.05) is 7.11 Å². The van der Waals surface area contributed by atoms with Gasteiger partial charge in [0, 0.05) is 4.90 Å². The zero-order valence-corrected chi connectivity index (χ0v) is 14.8. The minimum absolute atomic E-state index is 0.0304. The second-order valence-corrected chi connectivity index (χ2v) is 7.11. The van der Waals surface area contributed by atoms with Crippen molar-refractivity contribution in [1.82, 2.24) is 0 Å². The SMILES string of the molecule is COc1ccc2c(c1)SC(=O)C2(c1ccc(O)cc1)c1ccc(O)cc1. The highest BCUT2D eigenvalue weighted by Crippen LogP contribution is 2.53. The van der Waals surface area contributed by atoms with Gasteiger partial charge in [-0.3, -0.25) is 4.79 Å². The molecule has 1 heterocycles. The maximum Gasteiger partial charge on any atom is 0.213 e. The van der Waals surface area contributed by atoms with E-state index in [1.54, 1.807) is 55.6 Å². The van der Waals surface area contributed by atoms with Gasteiger partial charge in [0.2, 0.25) is 5.12 Å². The van der Waals surface area contributed by atoms with Crippen LogP contribution in [0.15, 0.2) is 71.6 Å². The number of methoxy groups -OCH3 is 1. The number of carbonyl (C=O) groups is 1. The molecular weight excluding hydrogens is 348 g/mol. The van der Waals surface area contributed by atoms with Crippen molar-refractivity contribution in [3.8, 4) is 17.2 Å². The van der Waals surface area contributed by atoms with Crippen molar-refractivity contribution >= 4 is 16.9 Å². The lowest BCUT2D eigenvalue weighted by molar-refractivity contribution is -0.113. The fourth-order valence-corrected chi connectivity index (χ4v) is 4.65. The monoisotopic (exact) mass is 364 g/mol. The van der Waals surface area contributed by atoms with E-state index in [9.17, 15) is 15.0 Å². The lowest BCUT2D eigenvalue weighted by Gasteiger charge is -2.29. The van der Waals surface area contributed by atoms with Crippen LogP contribution in [-0.4, -0.2) is 22.4 Å². The molecule has 0 saturated carbocycles. The number of thioether (sulfide) groups is 1. The van der Waals surface area contributed by atoms with Crippen molar-refractivity contribution in [2.24, 2.45) is 0 Å². The first-order valence-electron chi connectivity index (χ1n) is 8.05. The van der Waals surface area contributed by atoms with Crippen LogP contribution in [0.3, 0.4) is 0 Å². The summed E-state index contributed by atoms with van der Waals surface area (Å²) >= 11 is 1.18. The number of rotatable bonds is 3. The number of benzene rings is 3. The third-order valence-electron chi connectivity index (χ3n) is 4.70. The van der Waals surface area contributed by atoms with Crippen LogP contribution >= 0.6 is 11.8 Å². The Kier molecular flexibility index (Phi) is 3.89. The minimum atomic E-state index is -1.01. The first-order valence-corrected chi connectivity index (χ1v) is 8.87. The predicted molar refractivity (Wildman–Crippen MR) is 100.0 cm³/mol. The summed E-state index contributed by atoms with van der Waals surface area (Å²) in [4.78, 5) is 14.2. The molecule has 1 aliphatic rings. The Morgan fingerprint density at radius 1 is 0.846 bits per heavy atom. The molecule has 4 nitrogen and oxygen atoms in total. The quantitative estimate of drug-likeness (QED) is 0.733. The second kappa shape index (κ2) is 6.11. The lowest BCUT2D eigenvalue weighted by Crippen LogP contribution is -2.33. The summed E-state index contributed by atoms with van der Waals surface area (Å²) in [6.07, 6.45) is 0. The van der Waals surface area contributed by atoms with E-state index in [1.165, 1.54) is 11.8 Å². The number of phenolic OH excluding ortho intramolecular Hbond substituents is 2. The third-order valence-corrected chi connectivity index (χ3v) is 5.75. The minimum Gasteiger partial charge on any atom is -0.508 e. The van der Waals surface area contributed by atoms with Gasteiger partial charge in [-0.15, -0.1) is 0 Å². The van der Waals surface area contributed by atoms with Crippen LogP contribution in [0.5, 0.6) is 17.2 Å². The van der Waals surface area contributed by atoms with E-state index >= 15 is 0 Å². The highest BCUT2D eigenvalue weighted by atomic mass is 32.2. The average Bonchev–Trinajstić information content (AvgIpc) is 2.95. The molecule has 26 heavy (non-hydrogen) atoms. The van der Waals surface area contributed by atoms with Crippen molar-refractivity contribution in [2.45, 2.75) is 10.3 Å². The zero-order valence-electron chi connectivity index (χ0n) is 14.0. The summed E-state index contributed by atoms with van der Waals surface area (Å²) in [6.45, 7) is 0. The Hall–Kier alpha value is -2.92. The van der Waals surface area contributed by atoms with Crippen molar-refractivity contribution in [3.05, 3.63) is 83.4 Å². The smallest absolute Gasteiger partial charge is 0.213 e. The second-order valence-electron chi connectivity index (χ2n) is 6.10. The highest BCUT2D eigenvalue weighted by molar-refractivity contribution is 8.14. The molecule has 0 atom stereocenters. The largest absolute Gasteiger partial charge is 0.508 e. The summed E-state index contributed by atoms with van der Waals surface area (Å²) in [6, 6.07) is 19.0. The highest BCUT2D eigenvalue weighted by Gasteiger charge is 2.50. The van der Waals surface area contributed by atoms with Crippen LogP contribution in [0.4, 0.5) is 0 Å². The molecule has 0 spiro atoms. The normalized spacial score (nSPS) is 14.9. The molecule has 0 unspecified atom stereocenters. The molecule has 1 aliphatic heterocycles. The van der Waals surface area contributed by atoms with Gasteiger partial charge < -0.3 is 14.9 Å². The van der Waals surface area contributed by atoms with E-state index in [0.717, 1.165) is 21.6 Å². The predicted octanol–water partition coefficient (Wildman–Crippen LogP) is 4.07. The molecule has 0 amide bonds. The van der Waals surface area contributed by atoms with Crippen LogP contribution in [0, 0.1) is 0 Å². The molecule has 0 fully saturated rings. The number of phenols is 2. The fourth-order valence-electron chi connectivity index (χ4n) is 3.45. The Labute approximate surface area is 155 Å². The van der Waals surface area contributed by atoms with E-state index < -0.39 is 5.41 Å². The van der Waals surface area contributed by atoms with E-state index in [-0.39, 0.29) is 16.6 Å². The molecule has 0 bridgehead atoms. The summed E-state index contributed by atoms with van der Waals surface area (Å²) in [5, 5.41) is 19.3. The van der Waals surface area contributed by atoms with Gasteiger partial charge in [-0.25, -0.2) is 0 Å². The van der Waals surface area contributed by atoms with Gasteiger partial charge in [-0.1, -0.05) is 30.3 Å². The molecule has 5 heteroatoms. The number of fused-ring (bicyclic) bond motifs is 1. The van der Waals surface area contributed by atoms with Crippen molar-refractivity contribution in [1.29, 1.82) is 0 Å². The first kappa shape index (κ1) is 16.5. The van der Waals surface area contributed by atoms with Crippen molar-refractivity contribution in [3.63, 3.8) is 0 Å². The number of carbonyl (C=O) groups excluding carboxylic acids is 1. The van der Waals surface area contributed by atoms with Crippen molar-refractivity contribution < 1.29 is 19.7 Å². The van der Waals surface area contributed by atoms with Gasteiger partial charge in [-0.05, 0) is 64.9 Å². The maximum atomic E-state index is 13.3. The number of ether oxygens (including phenoxy) is 1. The van der Waals surface area contributed by atoms with Gasteiger partial charge in [0.25, 0.3) is 0 Å². The molecule has 0 radical (unpaired) electrons. The molecule has 4 rings (SSSR count). The Bertz CT molecular complexity index is 932. The summed E-state index contributed by atoms with van der Waals surface area (Å²) < 4.78 is 5.29. The van der Waals surface area contributed by atoms with E-state index in [1.807, 2.05) is 18.2 Å². The molecule has 0 aliphatic carbocycles. The van der Waals surface area contributed by atoms with Gasteiger partial charge in [0.1, 0.15) is 22.7 Å². The Morgan fingerprint density at radius 3 is 1.88 bits per heavy atom. The number of hydrogen-bond acceptors (Lipinski definition) is 5. The lowest BCUT2D eigenvalue weighted by atomic mass is 9.70. The first-order chi connectivity index (χ1) is 12.6. The Balaban J connectivity index is 2.03. The van der Waals surface area contributed by atoms with Gasteiger partial charge in [0.15, 0.2) is 0 Å². The average molecular weight is 364 g/mol. The standard InChI is InChI=1S/C21H16O4S/c1-25-17-10-11-18-19(12-17)26-20(24)21(18,13-2-6-15(22)7-3-13)14-4-8-16(23)9-5-14/h2-12,22-23H,1H3. The van der Waals surface area contributed by atoms with E-state index in [0.29, 0.717) is 5.75 Å². The van der Waals surface area contributed by atoms with Crippen LogP contribution in [-0.2, 0) is 10.2 Å². The van der Waals surface area contributed by atoms with E-state index in [2.05, 4.69) is 0 Å². The maximum absolute atomic E-state index is 13.3. The Morgan fingerprint density at radius 2 is 1.38 bits per heavy atom. The van der Waals surface area contributed by atoms with Gasteiger partial charge in [0.05, 0.1) is 7.11 Å². The summed E-state index contributed by atoms with van der Waals surface area (Å²) in [5.41, 5.74) is 1.39. The zero-order chi connectivity index (χ0) is 18.3. The van der Waals surface area contributed by atoms with Gasteiger partial charge >= 0.3 is 0 Å². The third kappa shape index (κ3) is 2.35. The van der Waals surface area contributed by atoms with Crippen LogP contribution in [0.1, 0.15) is 16.7 Å². The summed E-state index contributed by atoms with van der Waals surface area (Å²) in [7, 11) is 1.59. The molecule has 3 aromatic rings. The molecular formula is C21H16O4S. The number of hydrogen-bond donors (Lipinski definition) is 2. The molecule has 2 N–H and O–H groups in total. The van der Waals surface area contributed by atoms with Crippen LogP contribution in [0.25, 0.3) is 0 Å². The van der Waals surface area contributed by atoms with Gasteiger partial charge in [-0.2, -0.15) is 0 Å². The summed E-state index contributed by atoms with van der Waals surface area (Å²) in [5.74, 6) is 0.974. The van der Waals surface area contributed by atoms with Crippen LogP contribution < -0.4 is 4.74 Å². The number of aromatic hydroxyl groups is 2. The molecule has 3 aromatic carbocycles. The topological polar surface area (TPSA) is 66.8 Å². The van der Waals surface area contributed by atoms with E-state index in [4.69, 9.17) is 4.74 Å². The molecule has 130 valence electrons. The molecule has 0 aromatic heterocycles. The fraction of sp³-hybridized carbons (Fsp3) is 0.0952. The molecule has 0 saturated heterocycles.